The largest absolute Gasteiger partial charge is 0.359 e. The van der Waals surface area contributed by atoms with E-state index in [2.05, 4.69) is 74.8 Å². The number of rotatable bonds is 7. The predicted octanol–water partition coefficient (Wildman–Crippen LogP) is 4.40. The SMILES string of the molecule is CCNC(=NCc1cc(CC)no1)NCC1(c2ccccc2Br)CC1.I. The molecular formula is C19H26BrIN4O. The molecule has 142 valence electrons. The van der Waals surface area contributed by atoms with E-state index >= 15 is 0 Å². The third-order valence-corrected chi connectivity index (χ3v) is 5.29. The van der Waals surface area contributed by atoms with Gasteiger partial charge < -0.3 is 15.2 Å². The summed E-state index contributed by atoms with van der Waals surface area (Å²) in [7, 11) is 0. The van der Waals surface area contributed by atoms with Gasteiger partial charge in [0.2, 0.25) is 0 Å². The molecule has 0 bridgehead atoms. The minimum absolute atomic E-state index is 0. The molecule has 0 atom stereocenters. The number of aliphatic imine (C=N–C) groups is 1. The van der Waals surface area contributed by atoms with Crippen molar-refractivity contribution in [2.45, 2.75) is 45.1 Å². The third kappa shape index (κ3) is 5.22. The van der Waals surface area contributed by atoms with Crippen LogP contribution in [0.3, 0.4) is 0 Å². The molecule has 1 aromatic carbocycles. The Morgan fingerprint density at radius 2 is 2.04 bits per heavy atom. The lowest BCUT2D eigenvalue weighted by Gasteiger charge is -2.20. The van der Waals surface area contributed by atoms with Crippen molar-refractivity contribution in [3.63, 3.8) is 0 Å². The van der Waals surface area contributed by atoms with Gasteiger partial charge in [0.25, 0.3) is 0 Å². The summed E-state index contributed by atoms with van der Waals surface area (Å²) >= 11 is 3.69. The molecule has 0 spiro atoms. The summed E-state index contributed by atoms with van der Waals surface area (Å²) in [6.07, 6.45) is 3.27. The van der Waals surface area contributed by atoms with Crippen LogP contribution in [0.4, 0.5) is 0 Å². The van der Waals surface area contributed by atoms with Crippen LogP contribution >= 0.6 is 39.9 Å². The molecule has 2 aromatic rings. The summed E-state index contributed by atoms with van der Waals surface area (Å²) in [6, 6.07) is 10.5. The van der Waals surface area contributed by atoms with Crippen molar-refractivity contribution in [2.24, 2.45) is 4.99 Å². The number of benzene rings is 1. The maximum atomic E-state index is 5.31. The number of hydrogen-bond donors (Lipinski definition) is 2. The lowest BCUT2D eigenvalue weighted by molar-refractivity contribution is 0.379. The van der Waals surface area contributed by atoms with Crippen LogP contribution in [0.5, 0.6) is 0 Å². The van der Waals surface area contributed by atoms with Crippen LogP contribution in [-0.4, -0.2) is 24.2 Å². The van der Waals surface area contributed by atoms with Gasteiger partial charge in [-0.05, 0) is 37.8 Å². The molecule has 1 aliphatic rings. The molecule has 0 aliphatic heterocycles. The fraction of sp³-hybridized carbons (Fsp3) is 0.474. The number of halogens is 2. The molecule has 1 aliphatic carbocycles. The van der Waals surface area contributed by atoms with E-state index in [1.807, 2.05) is 6.07 Å². The molecule has 26 heavy (non-hydrogen) atoms. The molecule has 3 rings (SSSR count). The van der Waals surface area contributed by atoms with Crippen LogP contribution in [0.2, 0.25) is 0 Å². The van der Waals surface area contributed by atoms with E-state index in [1.165, 1.54) is 22.9 Å². The lowest BCUT2D eigenvalue weighted by atomic mass is 9.96. The van der Waals surface area contributed by atoms with Gasteiger partial charge in [0, 0.05) is 29.0 Å². The lowest BCUT2D eigenvalue weighted by Crippen LogP contribution is -2.41. The second-order valence-electron chi connectivity index (χ2n) is 6.45. The molecule has 2 N–H and O–H groups in total. The number of aromatic nitrogens is 1. The van der Waals surface area contributed by atoms with Gasteiger partial charge in [-0.25, -0.2) is 4.99 Å². The fourth-order valence-corrected chi connectivity index (χ4v) is 3.64. The molecular weight excluding hydrogens is 507 g/mol. The Bertz CT molecular complexity index is 743. The number of hydrogen-bond acceptors (Lipinski definition) is 3. The molecule has 0 amide bonds. The van der Waals surface area contributed by atoms with Crippen LogP contribution in [0.1, 0.15) is 43.7 Å². The van der Waals surface area contributed by atoms with Crippen molar-refractivity contribution in [1.82, 2.24) is 15.8 Å². The highest BCUT2D eigenvalue weighted by Crippen LogP contribution is 2.49. The highest BCUT2D eigenvalue weighted by atomic mass is 127. The van der Waals surface area contributed by atoms with Crippen molar-refractivity contribution >= 4 is 45.9 Å². The van der Waals surface area contributed by atoms with E-state index in [1.54, 1.807) is 0 Å². The van der Waals surface area contributed by atoms with E-state index in [9.17, 15) is 0 Å². The van der Waals surface area contributed by atoms with Gasteiger partial charge in [0.15, 0.2) is 11.7 Å². The summed E-state index contributed by atoms with van der Waals surface area (Å²) in [4.78, 5) is 4.63. The van der Waals surface area contributed by atoms with Gasteiger partial charge >= 0.3 is 0 Å². The van der Waals surface area contributed by atoms with Gasteiger partial charge in [-0.1, -0.05) is 46.2 Å². The predicted molar refractivity (Wildman–Crippen MR) is 119 cm³/mol. The van der Waals surface area contributed by atoms with E-state index < -0.39 is 0 Å². The van der Waals surface area contributed by atoms with Crippen LogP contribution in [0.15, 0.2) is 44.3 Å². The summed E-state index contributed by atoms with van der Waals surface area (Å²) in [5.74, 6) is 1.61. The molecule has 5 nitrogen and oxygen atoms in total. The second kappa shape index (κ2) is 9.73. The van der Waals surface area contributed by atoms with Crippen LogP contribution in [0, 0.1) is 0 Å². The van der Waals surface area contributed by atoms with Gasteiger partial charge in [-0.2, -0.15) is 0 Å². The Hall–Kier alpha value is -1.09. The van der Waals surface area contributed by atoms with Crippen molar-refractivity contribution < 1.29 is 4.52 Å². The first kappa shape index (κ1) is 21.2. The monoisotopic (exact) mass is 532 g/mol. The first-order valence-corrected chi connectivity index (χ1v) is 9.68. The molecule has 1 saturated carbocycles. The average molecular weight is 533 g/mol. The van der Waals surface area contributed by atoms with E-state index in [0.717, 1.165) is 36.9 Å². The van der Waals surface area contributed by atoms with Crippen LogP contribution in [0.25, 0.3) is 0 Å². The topological polar surface area (TPSA) is 62.5 Å². The molecule has 1 heterocycles. The molecule has 0 radical (unpaired) electrons. The Kier molecular flexibility index (Phi) is 7.94. The van der Waals surface area contributed by atoms with Crippen molar-refractivity contribution in [3.05, 3.63) is 51.8 Å². The van der Waals surface area contributed by atoms with E-state index in [0.29, 0.717) is 6.54 Å². The van der Waals surface area contributed by atoms with Gasteiger partial charge in [-0.15, -0.1) is 24.0 Å². The summed E-state index contributed by atoms with van der Waals surface area (Å²) < 4.78 is 6.49. The minimum atomic E-state index is 0. The molecule has 7 heteroatoms. The minimum Gasteiger partial charge on any atom is -0.359 e. The standard InChI is InChI=1S/C19H25BrN4O.HI/c1-3-14-11-15(25-24-14)12-22-18(21-4-2)23-13-19(9-10-19)16-7-5-6-8-17(16)20;/h5-8,11H,3-4,9-10,12-13H2,1-2H3,(H2,21,22,23);1H. The number of guanidine groups is 1. The Labute approximate surface area is 180 Å². The smallest absolute Gasteiger partial charge is 0.191 e. The number of aryl methyl sites for hydroxylation is 1. The first-order valence-electron chi connectivity index (χ1n) is 8.88. The van der Waals surface area contributed by atoms with Gasteiger partial charge in [0.1, 0.15) is 6.54 Å². The highest BCUT2D eigenvalue weighted by molar-refractivity contribution is 14.0. The number of nitrogens with zero attached hydrogens (tertiary/aromatic N) is 2. The maximum absolute atomic E-state index is 5.31. The van der Waals surface area contributed by atoms with E-state index in [4.69, 9.17) is 4.52 Å². The molecule has 0 unspecified atom stereocenters. The zero-order valence-corrected chi connectivity index (χ0v) is 19.1. The molecule has 0 saturated heterocycles. The third-order valence-electron chi connectivity index (χ3n) is 4.60. The Morgan fingerprint density at radius 1 is 1.27 bits per heavy atom. The summed E-state index contributed by atoms with van der Waals surface area (Å²) in [5, 5.41) is 10.8. The fourth-order valence-electron chi connectivity index (χ4n) is 2.93. The maximum Gasteiger partial charge on any atom is 0.191 e. The van der Waals surface area contributed by atoms with Crippen LogP contribution < -0.4 is 10.6 Å². The number of nitrogens with one attached hydrogen (secondary N) is 2. The zero-order valence-electron chi connectivity index (χ0n) is 15.2. The van der Waals surface area contributed by atoms with Gasteiger partial charge in [-0.3, -0.25) is 0 Å². The second-order valence-corrected chi connectivity index (χ2v) is 7.30. The molecule has 1 fully saturated rings. The van der Waals surface area contributed by atoms with Gasteiger partial charge in [0.05, 0.1) is 5.69 Å². The molecule has 1 aromatic heterocycles. The summed E-state index contributed by atoms with van der Waals surface area (Å²) in [5.41, 5.74) is 2.55. The zero-order chi connectivity index (χ0) is 17.7. The Morgan fingerprint density at radius 3 is 2.65 bits per heavy atom. The van der Waals surface area contributed by atoms with Crippen molar-refractivity contribution in [2.75, 3.05) is 13.1 Å². The first-order chi connectivity index (χ1) is 12.2. The van der Waals surface area contributed by atoms with Crippen molar-refractivity contribution in [3.8, 4) is 0 Å². The van der Waals surface area contributed by atoms with E-state index in [-0.39, 0.29) is 29.4 Å². The average Bonchev–Trinajstić information content (AvgIpc) is 3.27. The summed E-state index contributed by atoms with van der Waals surface area (Å²) in [6.45, 7) is 6.32. The quantitative estimate of drug-likeness (QED) is 0.315. The Balaban J connectivity index is 0.00000243. The normalized spacial score (nSPS) is 15.3. The van der Waals surface area contributed by atoms with Crippen LogP contribution in [-0.2, 0) is 18.4 Å². The highest BCUT2D eigenvalue weighted by Gasteiger charge is 2.45. The van der Waals surface area contributed by atoms with Crippen molar-refractivity contribution in [1.29, 1.82) is 0 Å².